The number of carbonyl (C=O) groups excluding carboxylic acids is 1. The maximum atomic E-state index is 11.0. The van der Waals surface area contributed by atoms with Crippen LogP contribution in [0.15, 0.2) is 78.9 Å². The highest BCUT2D eigenvalue weighted by Crippen LogP contribution is 2.28. The van der Waals surface area contributed by atoms with Gasteiger partial charge in [-0.1, -0.05) is 60.7 Å². The Bertz CT molecular complexity index is 1090. The van der Waals surface area contributed by atoms with Crippen LogP contribution in [0.3, 0.4) is 0 Å². The molecule has 4 aromatic rings. The van der Waals surface area contributed by atoms with Gasteiger partial charge in [0.25, 0.3) is 0 Å². The number of hydrogen-bond acceptors (Lipinski definition) is 5. The molecule has 3 aromatic carbocycles. The van der Waals surface area contributed by atoms with Crippen molar-refractivity contribution in [1.29, 1.82) is 0 Å². The van der Waals surface area contributed by atoms with Gasteiger partial charge in [0.2, 0.25) is 5.95 Å². The number of nitrogens with one attached hydrogen (secondary N) is 1. The van der Waals surface area contributed by atoms with Gasteiger partial charge in [-0.2, -0.15) is 0 Å². The van der Waals surface area contributed by atoms with E-state index in [1.165, 1.54) is 12.1 Å². The number of anilines is 2. The van der Waals surface area contributed by atoms with Crippen molar-refractivity contribution in [2.45, 2.75) is 0 Å². The number of rotatable bonds is 4. The Hall–Kier alpha value is -3.73. The third-order valence-electron chi connectivity index (χ3n) is 4.00. The van der Waals surface area contributed by atoms with Gasteiger partial charge in [-0.25, -0.2) is 9.97 Å². The maximum absolute atomic E-state index is 11.0. The summed E-state index contributed by atoms with van der Waals surface area (Å²) in [5.74, 6) is -0.823. The average molecular weight is 340 g/mol. The monoisotopic (exact) mass is 340 g/mol. The lowest BCUT2D eigenvalue weighted by molar-refractivity contribution is -0.255. The highest BCUT2D eigenvalue weighted by molar-refractivity contribution is 5.93. The molecule has 1 heterocycles. The number of carboxylic acids is 1. The number of nitrogens with zero attached hydrogens (tertiary/aromatic N) is 2. The molecule has 0 unspecified atom stereocenters. The van der Waals surface area contributed by atoms with E-state index in [4.69, 9.17) is 0 Å². The van der Waals surface area contributed by atoms with Crippen molar-refractivity contribution in [2.75, 3.05) is 5.32 Å². The molecule has 0 bridgehead atoms. The molecule has 0 radical (unpaired) electrons. The van der Waals surface area contributed by atoms with Crippen LogP contribution >= 0.6 is 0 Å². The molecule has 126 valence electrons. The van der Waals surface area contributed by atoms with Gasteiger partial charge in [0.1, 0.15) is 0 Å². The van der Waals surface area contributed by atoms with Gasteiger partial charge >= 0.3 is 0 Å². The van der Waals surface area contributed by atoms with Crippen molar-refractivity contribution in [3.63, 3.8) is 0 Å². The minimum atomic E-state index is -1.22. The first-order chi connectivity index (χ1) is 12.7. The van der Waals surface area contributed by atoms with Crippen LogP contribution in [0.1, 0.15) is 10.4 Å². The fourth-order valence-corrected chi connectivity index (χ4v) is 2.80. The first kappa shape index (κ1) is 15.8. The van der Waals surface area contributed by atoms with Crippen LogP contribution in [-0.4, -0.2) is 15.9 Å². The second-order valence-corrected chi connectivity index (χ2v) is 5.77. The first-order valence-corrected chi connectivity index (χ1v) is 8.11. The number of aromatic nitrogens is 2. The van der Waals surface area contributed by atoms with Crippen molar-refractivity contribution < 1.29 is 9.90 Å². The van der Waals surface area contributed by atoms with Crippen LogP contribution in [0.25, 0.3) is 22.2 Å². The standard InChI is InChI=1S/C21H15N3O2/c25-20(26)15-9-6-10-16(13-15)22-21-23-18-12-5-4-11-17(18)19(24-21)14-7-2-1-3-8-14/h1-13H,(H,25,26)(H,22,23,24)/p-1. The molecule has 1 N–H and O–H groups in total. The number of carbonyl (C=O) groups is 1. The molecule has 0 spiro atoms. The van der Waals surface area contributed by atoms with E-state index in [1.807, 2.05) is 54.6 Å². The van der Waals surface area contributed by atoms with Crippen LogP contribution in [0.4, 0.5) is 11.6 Å². The smallest absolute Gasteiger partial charge is 0.228 e. The molecule has 0 aliphatic carbocycles. The van der Waals surface area contributed by atoms with Crippen molar-refractivity contribution in [2.24, 2.45) is 0 Å². The molecular formula is C21H14N3O2-. The Morgan fingerprint density at radius 1 is 0.846 bits per heavy atom. The summed E-state index contributed by atoms with van der Waals surface area (Å²) in [6, 6.07) is 24.0. The van der Waals surface area contributed by atoms with Gasteiger partial charge in [-0.05, 0) is 23.8 Å². The zero-order chi connectivity index (χ0) is 17.9. The highest BCUT2D eigenvalue weighted by atomic mass is 16.4. The normalized spacial score (nSPS) is 10.6. The summed E-state index contributed by atoms with van der Waals surface area (Å²) in [5, 5.41) is 15.1. The molecule has 0 saturated carbocycles. The average Bonchev–Trinajstić information content (AvgIpc) is 2.68. The summed E-state index contributed by atoms with van der Waals surface area (Å²) in [7, 11) is 0. The molecular weight excluding hydrogens is 326 g/mol. The van der Waals surface area contributed by atoms with E-state index < -0.39 is 5.97 Å². The van der Waals surface area contributed by atoms with Crippen LogP contribution in [0.2, 0.25) is 0 Å². The minimum Gasteiger partial charge on any atom is -0.545 e. The molecule has 1 aromatic heterocycles. The maximum Gasteiger partial charge on any atom is 0.228 e. The van der Waals surface area contributed by atoms with E-state index >= 15 is 0 Å². The summed E-state index contributed by atoms with van der Waals surface area (Å²) in [6.45, 7) is 0. The fourth-order valence-electron chi connectivity index (χ4n) is 2.80. The van der Waals surface area contributed by atoms with E-state index in [0.29, 0.717) is 11.6 Å². The van der Waals surface area contributed by atoms with Gasteiger partial charge in [-0.15, -0.1) is 0 Å². The number of hydrogen-bond donors (Lipinski definition) is 1. The zero-order valence-electron chi connectivity index (χ0n) is 13.7. The van der Waals surface area contributed by atoms with E-state index in [1.54, 1.807) is 12.1 Å². The van der Waals surface area contributed by atoms with E-state index in [-0.39, 0.29) is 5.56 Å². The van der Waals surface area contributed by atoms with Crippen LogP contribution in [0, 0.1) is 0 Å². The van der Waals surface area contributed by atoms with Gasteiger partial charge in [0, 0.05) is 16.6 Å². The van der Waals surface area contributed by atoms with Crippen LogP contribution in [0.5, 0.6) is 0 Å². The first-order valence-electron chi connectivity index (χ1n) is 8.11. The Balaban J connectivity index is 1.81. The number of aromatic carboxylic acids is 1. The minimum absolute atomic E-state index is 0.0964. The predicted octanol–water partition coefficient (Wildman–Crippen LogP) is 3.40. The third-order valence-corrected chi connectivity index (χ3v) is 4.00. The molecule has 26 heavy (non-hydrogen) atoms. The summed E-state index contributed by atoms with van der Waals surface area (Å²) < 4.78 is 0. The van der Waals surface area contributed by atoms with Gasteiger partial charge < -0.3 is 15.2 Å². The number of benzene rings is 3. The highest BCUT2D eigenvalue weighted by Gasteiger charge is 2.10. The van der Waals surface area contributed by atoms with Gasteiger partial charge in [-0.3, -0.25) is 0 Å². The summed E-state index contributed by atoms with van der Waals surface area (Å²) in [4.78, 5) is 20.3. The number of carboxylic acid groups (broad SMARTS) is 1. The molecule has 5 heteroatoms. The van der Waals surface area contributed by atoms with Crippen LogP contribution in [-0.2, 0) is 0 Å². The van der Waals surface area contributed by atoms with E-state index in [2.05, 4.69) is 15.3 Å². The molecule has 0 aliphatic heterocycles. The van der Waals surface area contributed by atoms with Crippen molar-refractivity contribution in [3.8, 4) is 11.3 Å². The predicted molar refractivity (Wildman–Crippen MR) is 99.0 cm³/mol. The summed E-state index contributed by atoms with van der Waals surface area (Å²) in [6.07, 6.45) is 0. The van der Waals surface area contributed by atoms with E-state index in [9.17, 15) is 9.90 Å². The molecule has 0 fully saturated rings. The lowest BCUT2D eigenvalue weighted by atomic mass is 10.1. The zero-order valence-corrected chi connectivity index (χ0v) is 13.7. The number of fused-ring (bicyclic) bond motifs is 1. The molecule has 0 saturated heterocycles. The molecule has 0 atom stereocenters. The van der Waals surface area contributed by atoms with Gasteiger partial charge in [0.05, 0.1) is 17.2 Å². The summed E-state index contributed by atoms with van der Waals surface area (Å²) in [5.41, 5.74) is 3.28. The Kier molecular flexibility index (Phi) is 4.03. The second kappa shape index (κ2) is 6.64. The SMILES string of the molecule is O=C([O-])c1cccc(Nc2nc(-c3ccccc3)c3ccccc3n2)c1. The summed E-state index contributed by atoms with van der Waals surface area (Å²) >= 11 is 0. The Morgan fingerprint density at radius 2 is 1.62 bits per heavy atom. The largest absolute Gasteiger partial charge is 0.545 e. The van der Waals surface area contributed by atoms with Crippen molar-refractivity contribution >= 4 is 28.5 Å². The van der Waals surface area contributed by atoms with E-state index in [0.717, 1.165) is 22.2 Å². The lowest BCUT2D eigenvalue weighted by Gasteiger charge is -2.11. The third kappa shape index (κ3) is 3.10. The lowest BCUT2D eigenvalue weighted by Crippen LogP contribution is -2.22. The van der Waals surface area contributed by atoms with Crippen molar-refractivity contribution in [3.05, 3.63) is 84.4 Å². The Labute approximate surface area is 150 Å². The number of para-hydroxylation sites is 1. The van der Waals surface area contributed by atoms with Crippen molar-refractivity contribution in [1.82, 2.24) is 9.97 Å². The Morgan fingerprint density at radius 3 is 2.42 bits per heavy atom. The molecule has 4 rings (SSSR count). The molecule has 0 aliphatic rings. The quantitative estimate of drug-likeness (QED) is 0.616. The fraction of sp³-hybridized carbons (Fsp3) is 0. The molecule has 0 amide bonds. The molecule has 5 nitrogen and oxygen atoms in total. The van der Waals surface area contributed by atoms with Crippen LogP contribution < -0.4 is 10.4 Å². The second-order valence-electron chi connectivity index (χ2n) is 5.77. The topological polar surface area (TPSA) is 77.9 Å². The van der Waals surface area contributed by atoms with Gasteiger partial charge in [0.15, 0.2) is 0 Å².